The second kappa shape index (κ2) is 6.22. The maximum atomic E-state index is 5.94. The molecule has 1 aliphatic heterocycles. The summed E-state index contributed by atoms with van der Waals surface area (Å²) in [7, 11) is 0. The van der Waals surface area contributed by atoms with E-state index in [1.807, 2.05) is 12.4 Å². The fourth-order valence-electron chi connectivity index (χ4n) is 2.33. The highest BCUT2D eigenvalue weighted by molar-refractivity contribution is 6.17. The van der Waals surface area contributed by atoms with Crippen LogP contribution in [-0.4, -0.2) is 30.8 Å². The summed E-state index contributed by atoms with van der Waals surface area (Å²) in [5.41, 5.74) is 2.34. The molecule has 94 valence electrons. The van der Waals surface area contributed by atoms with Crippen molar-refractivity contribution >= 4 is 17.3 Å². The van der Waals surface area contributed by atoms with Crippen molar-refractivity contribution in [2.75, 3.05) is 24.6 Å². The molecule has 0 radical (unpaired) electrons. The van der Waals surface area contributed by atoms with Crippen LogP contribution in [0.25, 0.3) is 0 Å². The minimum atomic E-state index is 0.428. The second-order valence-corrected chi connectivity index (χ2v) is 4.55. The highest BCUT2D eigenvalue weighted by Gasteiger charge is 2.20. The molecule has 1 aromatic rings. The van der Waals surface area contributed by atoms with Gasteiger partial charge in [-0.1, -0.05) is 0 Å². The van der Waals surface area contributed by atoms with Crippen molar-refractivity contribution in [3.63, 3.8) is 0 Å². The molecule has 3 nitrogen and oxygen atoms in total. The summed E-state index contributed by atoms with van der Waals surface area (Å²) in [5, 5.41) is 0. The molecule has 1 saturated heterocycles. The molecular weight excluding hydrogens is 236 g/mol. The lowest BCUT2D eigenvalue weighted by molar-refractivity contribution is 0.0459. The molecular formula is C13H19ClN2O. The van der Waals surface area contributed by atoms with E-state index in [0.29, 0.717) is 12.0 Å². The summed E-state index contributed by atoms with van der Waals surface area (Å²) in [5.74, 6) is 0.522. The fourth-order valence-corrected chi connectivity index (χ4v) is 2.54. The lowest BCUT2D eigenvalue weighted by Crippen LogP contribution is -2.37. The third kappa shape index (κ3) is 3.11. The Balaban J connectivity index is 2.00. The van der Waals surface area contributed by atoms with Crippen LogP contribution in [0.1, 0.15) is 25.3 Å². The van der Waals surface area contributed by atoms with E-state index in [4.69, 9.17) is 16.3 Å². The molecule has 0 aliphatic carbocycles. The van der Waals surface area contributed by atoms with Crippen molar-refractivity contribution in [3.8, 4) is 0 Å². The van der Waals surface area contributed by atoms with Gasteiger partial charge in [-0.2, -0.15) is 0 Å². The Morgan fingerprint density at radius 3 is 2.88 bits per heavy atom. The SMILES string of the molecule is CCOC1CCN(c2ccncc2CCl)CC1. The van der Waals surface area contributed by atoms with Crippen LogP contribution in [-0.2, 0) is 10.6 Å². The van der Waals surface area contributed by atoms with Gasteiger partial charge in [-0.25, -0.2) is 0 Å². The molecule has 1 aliphatic rings. The average Bonchev–Trinajstić information content (AvgIpc) is 2.40. The molecule has 17 heavy (non-hydrogen) atoms. The highest BCUT2D eigenvalue weighted by atomic mass is 35.5. The first-order valence-corrected chi connectivity index (χ1v) is 6.74. The van der Waals surface area contributed by atoms with Crippen LogP contribution in [0.5, 0.6) is 0 Å². The van der Waals surface area contributed by atoms with Crippen LogP contribution in [0.2, 0.25) is 0 Å². The van der Waals surface area contributed by atoms with Gasteiger partial charge in [0.2, 0.25) is 0 Å². The summed E-state index contributed by atoms with van der Waals surface area (Å²) >= 11 is 5.94. The fraction of sp³-hybridized carbons (Fsp3) is 0.615. The number of hydrogen-bond acceptors (Lipinski definition) is 3. The van der Waals surface area contributed by atoms with Gasteiger partial charge in [-0.3, -0.25) is 4.98 Å². The molecule has 0 aromatic carbocycles. The lowest BCUT2D eigenvalue weighted by Gasteiger charge is -2.34. The molecule has 0 saturated carbocycles. The van der Waals surface area contributed by atoms with Crippen molar-refractivity contribution in [2.45, 2.75) is 31.7 Å². The van der Waals surface area contributed by atoms with E-state index < -0.39 is 0 Å². The Morgan fingerprint density at radius 2 is 2.24 bits per heavy atom. The predicted octanol–water partition coefficient (Wildman–Crippen LogP) is 2.83. The van der Waals surface area contributed by atoms with E-state index >= 15 is 0 Å². The Bertz CT molecular complexity index is 351. The molecule has 2 heterocycles. The van der Waals surface area contributed by atoms with Crippen molar-refractivity contribution in [1.29, 1.82) is 0 Å². The minimum absolute atomic E-state index is 0.428. The monoisotopic (exact) mass is 254 g/mol. The Morgan fingerprint density at radius 1 is 1.47 bits per heavy atom. The van der Waals surface area contributed by atoms with Gasteiger partial charge in [0.25, 0.3) is 0 Å². The zero-order valence-corrected chi connectivity index (χ0v) is 11.0. The summed E-state index contributed by atoms with van der Waals surface area (Å²) in [6.45, 7) is 4.95. The van der Waals surface area contributed by atoms with Gasteiger partial charge in [0, 0.05) is 43.3 Å². The van der Waals surface area contributed by atoms with Crippen LogP contribution in [0, 0.1) is 0 Å². The minimum Gasteiger partial charge on any atom is -0.378 e. The number of anilines is 1. The van der Waals surface area contributed by atoms with Gasteiger partial charge >= 0.3 is 0 Å². The third-order valence-corrected chi connectivity index (χ3v) is 3.49. The largest absolute Gasteiger partial charge is 0.378 e. The maximum absolute atomic E-state index is 5.94. The van der Waals surface area contributed by atoms with Crippen molar-refractivity contribution in [3.05, 3.63) is 24.0 Å². The van der Waals surface area contributed by atoms with Gasteiger partial charge in [0.15, 0.2) is 0 Å². The molecule has 0 unspecified atom stereocenters. The molecule has 0 amide bonds. The zero-order chi connectivity index (χ0) is 12.1. The quantitative estimate of drug-likeness (QED) is 0.773. The van der Waals surface area contributed by atoms with Gasteiger partial charge in [-0.05, 0) is 25.8 Å². The Labute approximate surface area is 108 Å². The van der Waals surface area contributed by atoms with Gasteiger partial charge in [0.05, 0.1) is 12.0 Å². The molecule has 0 atom stereocenters. The van der Waals surface area contributed by atoms with E-state index in [1.165, 1.54) is 5.69 Å². The third-order valence-electron chi connectivity index (χ3n) is 3.21. The molecule has 1 aromatic heterocycles. The van der Waals surface area contributed by atoms with Crippen LogP contribution in [0.3, 0.4) is 0 Å². The lowest BCUT2D eigenvalue weighted by atomic mass is 10.1. The normalized spacial score (nSPS) is 17.4. The zero-order valence-electron chi connectivity index (χ0n) is 10.2. The van der Waals surface area contributed by atoms with E-state index in [9.17, 15) is 0 Å². The number of hydrogen-bond donors (Lipinski definition) is 0. The summed E-state index contributed by atoms with van der Waals surface area (Å²) < 4.78 is 5.66. The van der Waals surface area contributed by atoms with Crippen LogP contribution in [0.15, 0.2) is 18.5 Å². The molecule has 1 fully saturated rings. The van der Waals surface area contributed by atoms with Crippen LogP contribution >= 0.6 is 11.6 Å². The first-order valence-electron chi connectivity index (χ1n) is 6.20. The number of rotatable bonds is 4. The van der Waals surface area contributed by atoms with E-state index in [-0.39, 0.29) is 0 Å². The van der Waals surface area contributed by atoms with E-state index in [2.05, 4.69) is 22.9 Å². The topological polar surface area (TPSA) is 25.4 Å². The van der Waals surface area contributed by atoms with Crippen LogP contribution < -0.4 is 4.90 Å². The van der Waals surface area contributed by atoms with Crippen molar-refractivity contribution < 1.29 is 4.74 Å². The van der Waals surface area contributed by atoms with E-state index in [0.717, 1.165) is 38.1 Å². The second-order valence-electron chi connectivity index (χ2n) is 4.28. The molecule has 0 N–H and O–H groups in total. The first-order chi connectivity index (χ1) is 8.35. The number of pyridine rings is 1. The highest BCUT2D eigenvalue weighted by Crippen LogP contribution is 2.25. The van der Waals surface area contributed by atoms with Gasteiger partial charge in [0.1, 0.15) is 0 Å². The smallest absolute Gasteiger partial charge is 0.0608 e. The molecule has 4 heteroatoms. The van der Waals surface area contributed by atoms with Crippen LogP contribution in [0.4, 0.5) is 5.69 Å². The summed E-state index contributed by atoms with van der Waals surface area (Å²) in [6.07, 6.45) is 6.31. The number of alkyl halides is 1. The standard InChI is InChI=1S/C13H19ClN2O/c1-2-17-12-4-7-16(8-5-12)13-3-6-15-10-11(13)9-14/h3,6,10,12H,2,4-5,7-9H2,1H3. The first kappa shape index (κ1) is 12.7. The predicted molar refractivity (Wildman–Crippen MR) is 70.7 cm³/mol. The summed E-state index contributed by atoms with van der Waals surface area (Å²) in [6, 6.07) is 2.05. The van der Waals surface area contributed by atoms with Gasteiger partial charge < -0.3 is 9.64 Å². The number of aromatic nitrogens is 1. The molecule has 0 bridgehead atoms. The molecule has 0 spiro atoms. The molecule has 2 rings (SSSR count). The average molecular weight is 255 g/mol. The van der Waals surface area contributed by atoms with E-state index in [1.54, 1.807) is 0 Å². The number of piperidine rings is 1. The van der Waals surface area contributed by atoms with Gasteiger partial charge in [-0.15, -0.1) is 11.6 Å². The number of halogens is 1. The van der Waals surface area contributed by atoms with Crippen molar-refractivity contribution in [1.82, 2.24) is 4.98 Å². The maximum Gasteiger partial charge on any atom is 0.0608 e. The number of ether oxygens (including phenoxy) is 1. The Kier molecular flexibility index (Phi) is 4.63. The number of nitrogens with zero attached hydrogens (tertiary/aromatic N) is 2. The van der Waals surface area contributed by atoms with Crippen molar-refractivity contribution in [2.24, 2.45) is 0 Å². The summed E-state index contributed by atoms with van der Waals surface area (Å²) in [4.78, 5) is 6.50. The Hall–Kier alpha value is -0.800.